The van der Waals surface area contributed by atoms with E-state index in [0.717, 1.165) is 0 Å². The second-order valence-electron chi connectivity index (χ2n) is 4.40. The highest BCUT2D eigenvalue weighted by molar-refractivity contribution is 9.10. The van der Waals surface area contributed by atoms with Crippen LogP contribution in [0, 0.1) is 0 Å². The molecule has 2 N–H and O–H groups in total. The normalized spacial score (nSPS) is 11.1. The molecule has 0 aliphatic heterocycles. The van der Waals surface area contributed by atoms with Crippen molar-refractivity contribution in [1.82, 2.24) is 10.3 Å². The molecular weight excluding hydrogens is 323 g/mol. The Kier molecular flexibility index (Phi) is 4.70. The molecule has 98 valence electrons. The van der Waals surface area contributed by atoms with Crippen LogP contribution in [0.25, 0.3) is 0 Å². The summed E-state index contributed by atoms with van der Waals surface area (Å²) >= 11 is 9.01. The molecule has 5 nitrogen and oxygen atoms in total. The molecule has 1 heterocycles. The predicted molar refractivity (Wildman–Crippen MR) is 70.7 cm³/mol. The first-order valence-electron chi connectivity index (χ1n) is 5.06. The van der Waals surface area contributed by atoms with Crippen LogP contribution in [-0.2, 0) is 4.79 Å². The first kappa shape index (κ1) is 14.9. The lowest BCUT2D eigenvalue weighted by Crippen LogP contribution is -2.45. The van der Waals surface area contributed by atoms with Crippen LogP contribution in [0.4, 0.5) is 0 Å². The van der Waals surface area contributed by atoms with E-state index in [-0.39, 0.29) is 17.1 Å². The van der Waals surface area contributed by atoms with Gasteiger partial charge in [0.1, 0.15) is 5.15 Å². The van der Waals surface area contributed by atoms with Crippen molar-refractivity contribution in [3.05, 3.63) is 27.5 Å². The van der Waals surface area contributed by atoms with Gasteiger partial charge < -0.3 is 10.4 Å². The summed E-state index contributed by atoms with van der Waals surface area (Å²) in [7, 11) is 0. The minimum absolute atomic E-state index is 0.0711. The predicted octanol–water partition coefficient (Wildman–Crippen LogP) is 2.48. The molecular formula is C11H12BrClN2O3. The number of pyridine rings is 1. The SMILES string of the molecule is CC(C)(CC(=O)O)NC(=O)c1cc(Br)cnc1Cl. The fourth-order valence-corrected chi connectivity index (χ4v) is 1.90. The second-order valence-corrected chi connectivity index (χ2v) is 5.67. The van der Waals surface area contributed by atoms with Gasteiger partial charge in [-0.3, -0.25) is 9.59 Å². The zero-order valence-electron chi connectivity index (χ0n) is 9.83. The van der Waals surface area contributed by atoms with Gasteiger partial charge in [-0.1, -0.05) is 11.6 Å². The molecule has 0 aliphatic carbocycles. The van der Waals surface area contributed by atoms with Crippen molar-refractivity contribution in [3.8, 4) is 0 Å². The van der Waals surface area contributed by atoms with Gasteiger partial charge in [-0.15, -0.1) is 0 Å². The number of carboxylic acid groups (broad SMARTS) is 1. The van der Waals surface area contributed by atoms with Gasteiger partial charge in [-0.25, -0.2) is 4.98 Å². The first-order valence-corrected chi connectivity index (χ1v) is 6.24. The molecule has 0 spiro atoms. The highest BCUT2D eigenvalue weighted by Gasteiger charge is 2.25. The Labute approximate surface area is 118 Å². The van der Waals surface area contributed by atoms with Crippen LogP contribution >= 0.6 is 27.5 Å². The molecule has 1 amide bonds. The number of carbonyl (C=O) groups is 2. The standard InChI is InChI=1S/C11H12BrClN2O3/c1-11(2,4-8(16)17)15-10(18)7-3-6(12)5-14-9(7)13/h3,5H,4H2,1-2H3,(H,15,18)(H,16,17). The van der Waals surface area contributed by atoms with Crippen molar-refractivity contribution in [2.24, 2.45) is 0 Å². The highest BCUT2D eigenvalue weighted by atomic mass is 79.9. The van der Waals surface area contributed by atoms with Crippen LogP contribution in [-0.4, -0.2) is 27.5 Å². The second kappa shape index (κ2) is 5.67. The molecule has 0 aromatic carbocycles. The van der Waals surface area contributed by atoms with Crippen molar-refractivity contribution in [2.75, 3.05) is 0 Å². The molecule has 0 atom stereocenters. The maximum absolute atomic E-state index is 12.0. The number of carboxylic acids is 1. The smallest absolute Gasteiger partial charge is 0.305 e. The molecule has 18 heavy (non-hydrogen) atoms. The van der Waals surface area contributed by atoms with Crippen molar-refractivity contribution in [3.63, 3.8) is 0 Å². The van der Waals surface area contributed by atoms with E-state index in [9.17, 15) is 9.59 Å². The van der Waals surface area contributed by atoms with Gasteiger partial charge in [-0.05, 0) is 35.8 Å². The molecule has 0 saturated heterocycles. The van der Waals surface area contributed by atoms with Crippen molar-refractivity contribution in [2.45, 2.75) is 25.8 Å². The van der Waals surface area contributed by atoms with Crippen molar-refractivity contribution in [1.29, 1.82) is 0 Å². The molecule has 0 aliphatic rings. The van der Waals surface area contributed by atoms with E-state index in [2.05, 4.69) is 26.2 Å². The quantitative estimate of drug-likeness (QED) is 0.829. The number of carbonyl (C=O) groups excluding carboxylic acids is 1. The Bertz CT molecular complexity index is 491. The molecule has 0 unspecified atom stereocenters. The zero-order valence-corrected chi connectivity index (χ0v) is 12.2. The van der Waals surface area contributed by atoms with Crippen LogP contribution in [0.2, 0.25) is 5.15 Å². The molecule has 7 heteroatoms. The van der Waals surface area contributed by atoms with E-state index in [1.165, 1.54) is 12.3 Å². The van der Waals surface area contributed by atoms with E-state index >= 15 is 0 Å². The largest absolute Gasteiger partial charge is 0.481 e. The third-order valence-corrected chi connectivity index (χ3v) is 2.83. The average Bonchev–Trinajstić information content (AvgIpc) is 2.18. The average molecular weight is 336 g/mol. The van der Waals surface area contributed by atoms with Crippen LogP contribution in [0.1, 0.15) is 30.6 Å². The summed E-state index contributed by atoms with van der Waals surface area (Å²) in [5, 5.41) is 11.4. The number of aliphatic carboxylic acids is 1. The van der Waals surface area contributed by atoms with Crippen LogP contribution in [0.5, 0.6) is 0 Å². The maximum atomic E-state index is 12.0. The lowest BCUT2D eigenvalue weighted by molar-refractivity contribution is -0.138. The summed E-state index contributed by atoms with van der Waals surface area (Å²) in [6.07, 6.45) is 1.29. The van der Waals surface area contributed by atoms with Gasteiger partial charge in [0.2, 0.25) is 0 Å². The number of nitrogens with one attached hydrogen (secondary N) is 1. The van der Waals surface area contributed by atoms with E-state index in [4.69, 9.17) is 16.7 Å². The van der Waals surface area contributed by atoms with Gasteiger partial charge in [0.25, 0.3) is 5.91 Å². The van der Waals surface area contributed by atoms with Gasteiger partial charge >= 0.3 is 5.97 Å². The zero-order chi connectivity index (χ0) is 13.9. The minimum atomic E-state index is -0.987. The van der Waals surface area contributed by atoms with E-state index < -0.39 is 17.4 Å². The number of nitrogens with zero attached hydrogens (tertiary/aromatic N) is 1. The Hall–Kier alpha value is -1.14. The summed E-state index contributed by atoms with van der Waals surface area (Å²) in [5.74, 6) is -1.45. The minimum Gasteiger partial charge on any atom is -0.481 e. The summed E-state index contributed by atoms with van der Waals surface area (Å²) in [6.45, 7) is 3.25. The van der Waals surface area contributed by atoms with Gasteiger partial charge in [-0.2, -0.15) is 0 Å². The topological polar surface area (TPSA) is 79.3 Å². The third kappa shape index (κ3) is 4.27. The Morgan fingerprint density at radius 1 is 1.56 bits per heavy atom. The number of hydrogen-bond donors (Lipinski definition) is 2. The molecule has 0 bridgehead atoms. The number of hydrogen-bond acceptors (Lipinski definition) is 3. The van der Waals surface area contributed by atoms with Crippen molar-refractivity contribution < 1.29 is 14.7 Å². The molecule has 1 aromatic heterocycles. The van der Waals surface area contributed by atoms with E-state index in [0.29, 0.717) is 4.47 Å². The van der Waals surface area contributed by atoms with E-state index in [1.54, 1.807) is 13.8 Å². The lowest BCUT2D eigenvalue weighted by atomic mass is 10.0. The summed E-state index contributed by atoms with van der Waals surface area (Å²) in [5.41, 5.74) is -0.668. The fraction of sp³-hybridized carbons (Fsp3) is 0.364. The van der Waals surface area contributed by atoms with Crippen LogP contribution < -0.4 is 5.32 Å². The van der Waals surface area contributed by atoms with Gasteiger partial charge in [0.05, 0.1) is 12.0 Å². The van der Waals surface area contributed by atoms with E-state index in [1.807, 2.05) is 0 Å². The fourth-order valence-electron chi connectivity index (χ4n) is 1.38. The summed E-state index contributed by atoms with van der Waals surface area (Å²) < 4.78 is 0.619. The Morgan fingerprint density at radius 2 is 2.17 bits per heavy atom. The molecule has 0 fully saturated rings. The summed E-state index contributed by atoms with van der Waals surface area (Å²) in [4.78, 5) is 26.5. The van der Waals surface area contributed by atoms with Crippen molar-refractivity contribution >= 4 is 39.4 Å². The number of amides is 1. The summed E-state index contributed by atoms with van der Waals surface area (Å²) in [6, 6.07) is 1.53. The van der Waals surface area contributed by atoms with Crippen LogP contribution in [0.15, 0.2) is 16.7 Å². The number of halogens is 2. The van der Waals surface area contributed by atoms with Crippen LogP contribution in [0.3, 0.4) is 0 Å². The molecule has 1 aromatic rings. The monoisotopic (exact) mass is 334 g/mol. The van der Waals surface area contributed by atoms with Gasteiger partial charge in [0, 0.05) is 16.2 Å². The maximum Gasteiger partial charge on any atom is 0.305 e. The number of rotatable bonds is 4. The third-order valence-electron chi connectivity index (χ3n) is 2.10. The molecule has 0 radical (unpaired) electrons. The number of aromatic nitrogens is 1. The Morgan fingerprint density at radius 3 is 2.72 bits per heavy atom. The van der Waals surface area contributed by atoms with Gasteiger partial charge in [0.15, 0.2) is 0 Å². The first-order chi connectivity index (χ1) is 8.21. The Balaban J connectivity index is 2.88. The molecule has 1 rings (SSSR count). The molecule has 0 saturated carbocycles. The highest BCUT2D eigenvalue weighted by Crippen LogP contribution is 2.19. The lowest BCUT2D eigenvalue weighted by Gasteiger charge is -2.24.